The smallest absolute Gasteiger partial charge is 0.124 e. The van der Waals surface area contributed by atoms with Crippen molar-refractivity contribution in [2.75, 3.05) is 19.6 Å². The van der Waals surface area contributed by atoms with Crippen molar-refractivity contribution in [2.24, 2.45) is 0 Å². The zero-order valence-corrected chi connectivity index (χ0v) is 10.9. The number of nitrogens with one attached hydrogen (secondary N) is 1. The standard InChI is InChI=1S/C12H16BrFN2/c1-9-7-15-2-3-16(9)8-10-4-11(13)6-12(14)5-10/h4-6,9,15H,2-3,7-8H2,1H3/t9-/m0/s1. The number of rotatable bonds is 2. The number of piperazine rings is 1. The molecule has 1 aliphatic heterocycles. The lowest BCUT2D eigenvalue weighted by Gasteiger charge is -2.33. The number of nitrogens with zero attached hydrogens (tertiary/aromatic N) is 1. The van der Waals surface area contributed by atoms with E-state index in [0.29, 0.717) is 6.04 Å². The van der Waals surface area contributed by atoms with Gasteiger partial charge in [-0.05, 0) is 30.7 Å². The normalized spacial score (nSPS) is 22.3. The van der Waals surface area contributed by atoms with Gasteiger partial charge in [0.25, 0.3) is 0 Å². The van der Waals surface area contributed by atoms with Crippen LogP contribution in [-0.4, -0.2) is 30.6 Å². The van der Waals surface area contributed by atoms with Gasteiger partial charge >= 0.3 is 0 Å². The fraction of sp³-hybridized carbons (Fsp3) is 0.500. The van der Waals surface area contributed by atoms with Gasteiger partial charge in [0.2, 0.25) is 0 Å². The van der Waals surface area contributed by atoms with E-state index in [1.54, 1.807) is 6.07 Å². The Morgan fingerprint density at radius 1 is 1.50 bits per heavy atom. The number of halogens is 2. The first-order valence-electron chi connectivity index (χ1n) is 5.55. The zero-order chi connectivity index (χ0) is 11.5. The molecule has 1 fully saturated rings. The molecule has 1 atom stereocenters. The van der Waals surface area contributed by atoms with E-state index in [4.69, 9.17) is 0 Å². The van der Waals surface area contributed by atoms with E-state index in [0.717, 1.165) is 36.2 Å². The molecule has 0 aliphatic carbocycles. The second-order valence-electron chi connectivity index (χ2n) is 4.30. The van der Waals surface area contributed by atoms with Gasteiger partial charge in [0.05, 0.1) is 0 Å². The molecule has 16 heavy (non-hydrogen) atoms. The quantitative estimate of drug-likeness (QED) is 0.898. The van der Waals surface area contributed by atoms with Crippen LogP contribution in [0.25, 0.3) is 0 Å². The van der Waals surface area contributed by atoms with Crippen molar-refractivity contribution < 1.29 is 4.39 Å². The molecule has 4 heteroatoms. The fourth-order valence-corrected chi connectivity index (χ4v) is 2.57. The largest absolute Gasteiger partial charge is 0.314 e. The molecule has 0 bridgehead atoms. The summed E-state index contributed by atoms with van der Waals surface area (Å²) in [6, 6.07) is 5.60. The van der Waals surface area contributed by atoms with Crippen LogP contribution in [0.3, 0.4) is 0 Å². The van der Waals surface area contributed by atoms with Crippen LogP contribution in [0.2, 0.25) is 0 Å². The summed E-state index contributed by atoms with van der Waals surface area (Å²) in [6.07, 6.45) is 0. The Hall–Kier alpha value is -0.450. The van der Waals surface area contributed by atoms with Crippen molar-refractivity contribution in [1.82, 2.24) is 10.2 Å². The molecule has 1 aromatic carbocycles. The maximum Gasteiger partial charge on any atom is 0.124 e. The molecule has 0 aromatic heterocycles. The molecule has 0 saturated carbocycles. The van der Waals surface area contributed by atoms with Gasteiger partial charge < -0.3 is 5.32 Å². The first kappa shape index (κ1) is 12.0. The van der Waals surface area contributed by atoms with Gasteiger partial charge in [0.15, 0.2) is 0 Å². The maximum atomic E-state index is 13.2. The lowest BCUT2D eigenvalue weighted by molar-refractivity contribution is 0.165. The summed E-state index contributed by atoms with van der Waals surface area (Å²) < 4.78 is 14.0. The molecule has 0 radical (unpaired) electrons. The second kappa shape index (κ2) is 5.25. The predicted octanol–water partition coefficient (Wildman–Crippen LogP) is 2.38. The monoisotopic (exact) mass is 286 g/mol. The SMILES string of the molecule is C[C@H]1CNCCN1Cc1cc(F)cc(Br)c1. The molecule has 1 aromatic rings. The Morgan fingerprint density at radius 3 is 3.00 bits per heavy atom. The van der Waals surface area contributed by atoms with Crippen LogP contribution < -0.4 is 5.32 Å². The highest BCUT2D eigenvalue weighted by Gasteiger charge is 2.17. The van der Waals surface area contributed by atoms with E-state index in [9.17, 15) is 4.39 Å². The Balaban J connectivity index is 2.07. The molecular weight excluding hydrogens is 271 g/mol. The van der Waals surface area contributed by atoms with E-state index >= 15 is 0 Å². The van der Waals surface area contributed by atoms with Crippen LogP contribution in [0, 0.1) is 5.82 Å². The van der Waals surface area contributed by atoms with Crippen molar-refractivity contribution in [2.45, 2.75) is 19.5 Å². The molecule has 1 saturated heterocycles. The third-order valence-electron chi connectivity index (χ3n) is 2.95. The van der Waals surface area contributed by atoms with Crippen molar-refractivity contribution >= 4 is 15.9 Å². The van der Waals surface area contributed by atoms with E-state index in [1.807, 2.05) is 6.07 Å². The summed E-state index contributed by atoms with van der Waals surface area (Å²) in [5, 5.41) is 3.35. The van der Waals surface area contributed by atoms with Crippen LogP contribution in [0.4, 0.5) is 4.39 Å². The summed E-state index contributed by atoms with van der Waals surface area (Å²) in [7, 11) is 0. The molecule has 88 valence electrons. The van der Waals surface area contributed by atoms with Crippen LogP contribution in [-0.2, 0) is 6.54 Å². The van der Waals surface area contributed by atoms with Crippen molar-refractivity contribution in [3.63, 3.8) is 0 Å². The van der Waals surface area contributed by atoms with E-state index in [1.165, 1.54) is 6.07 Å². The van der Waals surface area contributed by atoms with Gasteiger partial charge in [0, 0.05) is 36.7 Å². The third-order valence-corrected chi connectivity index (χ3v) is 3.40. The molecular formula is C12H16BrFN2. The van der Waals surface area contributed by atoms with Crippen molar-refractivity contribution in [3.8, 4) is 0 Å². The minimum absolute atomic E-state index is 0.174. The van der Waals surface area contributed by atoms with Crippen molar-refractivity contribution in [1.29, 1.82) is 0 Å². The Morgan fingerprint density at radius 2 is 2.31 bits per heavy atom. The minimum atomic E-state index is -0.174. The Labute approximate surface area is 104 Å². The van der Waals surface area contributed by atoms with Gasteiger partial charge in [-0.15, -0.1) is 0 Å². The first-order valence-corrected chi connectivity index (χ1v) is 6.34. The Kier molecular flexibility index (Phi) is 3.95. The molecule has 2 nitrogen and oxygen atoms in total. The molecule has 1 N–H and O–H groups in total. The van der Waals surface area contributed by atoms with Crippen molar-refractivity contribution in [3.05, 3.63) is 34.1 Å². The molecule has 1 aliphatic rings. The van der Waals surface area contributed by atoms with E-state index in [-0.39, 0.29) is 5.82 Å². The summed E-state index contributed by atoms with van der Waals surface area (Å²) in [5.74, 6) is -0.174. The topological polar surface area (TPSA) is 15.3 Å². The van der Waals surface area contributed by atoms with Crippen LogP contribution >= 0.6 is 15.9 Å². The second-order valence-corrected chi connectivity index (χ2v) is 5.22. The average molecular weight is 287 g/mol. The summed E-state index contributed by atoms with van der Waals surface area (Å²) in [6.45, 7) is 6.06. The number of benzene rings is 1. The van der Waals surface area contributed by atoms with Gasteiger partial charge in [-0.3, -0.25) is 4.90 Å². The average Bonchev–Trinajstić information content (AvgIpc) is 2.20. The van der Waals surface area contributed by atoms with Gasteiger partial charge in [-0.2, -0.15) is 0 Å². The van der Waals surface area contributed by atoms with Crippen LogP contribution in [0.5, 0.6) is 0 Å². The fourth-order valence-electron chi connectivity index (χ4n) is 2.05. The van der Waals surface area contributed by atoms with Crippen LogP contribution in [0.1, 0.15) is 12.5 Å². The first-order chi connectivity index (χ1) is 7.65. The highest BCUT2D eigenvalue weighted by molar-refractivity contribution is 9.10. The third kappa shape index (κ3) is 3.03. The van der Waals surface area contributed by atoms with E-state index < -0.39 is 0 Å². The van der Waals surface area contributed by atoms with Gasteiger partial charge in [-0.1, -0.05) is 15.9 Å². The van der Waals surface area contributed by atoms with Crippen LogP contribution in [0.15, 0.2) is 22.7 Å². The molecule has 0 spiro atoms. The molecule has 0 amide bonds. The zero-order valence-electron chi connectivity index (χ0n) is 9.34. The molecule has 1 heterocycles. The molecule has 0 unspecified atom stereocenters. The predicted molar refractivity (Wildman–Crippen MR) is 66.8 cm³/mol. The van der Waals surface area contributed by atoms with Gasteiger partial charge in [0.1, 0.15) is 5.82 Å². The lowest BCUT2D eigenvalue weighted by Crippen LogP contribution is -2.49. The highest BCUT2D eigenvalue weighted by atomic mass is 79.9. The Bertz CT molecular complexity index is 350. The number of hydrogen-bond acceptors (Lipinski definition) is 2. The lowest BCUT2D eigenvalue weighted by atomic mass is 10.1. The maximum absolute atomic E-state index is 13.2. The minimum Gasteiger partial charge on any atom is -0.314 e. The summed E-state index contributed by atoms with van der Waals surface area (Å²) in [5.41, 5.74) is 1.03. The number of hydrogen-bond donors (Lipinski definition) is 1. The summed E-state index contributed by atoms with van der Waals surface area (Å²) in [4.78, 5) is 2.37. The molecule has 2 rings (SSSR count). The van der Waals surface area contributed by atoms with E-state index in [2.05, 4.69) is 33.1 Å². The highest BCUT2D eigenvalue weighted by Crippen LogP contribution is 2.17. The van der Waals surface area contributed by atoms with Gasteiger partial charge in [-0.25, -0.2) is 4.39 Å². The summed E-state index contributed by atoms with van der Waals surface area (Å²) >= 11 is 3.32.